The number of benzene rings is 1. The zero-order valence-electron chi connectivity index (χ0n) is 15.6. The van der Waals surface area contributed by atoms with Gasteiger partial charge in [0, 0.05) is 18.5 Å². The number of nitrogens with zero attached hydrogens (tertiary/aromatic N) is 4. The minimum atomic E-state index is -0.302. The zero-order valence-corrected chi connectivity index (χ0v) is 17.2. The summed E-state index contributed by atoms with van der Waals surface area (Å²) in [6, 6.07) is 9.99. The summed E-state index contributed by atoms with van der Waals surface area (Å²) >= 11 is 2.89. The Morgan fingerprint density at radius 2 is 2.07 bits per heavy atom. The zero-order chi connectivity index (χ0) is 19.2. The second-order valence-electron chi connectivity index (χ2n) is 6.09. The van der Waals surface area contributed by atoms with Crippen molar-refractivity contribution in [1.82, 2.24) is 20.1 Å². The van der Waals surface area contributed by atoms with Crippen LogP contribution in [-0.2, 0) is 17.8 Å². The van der Waals surface area contributed by atoms with E-state index in [9.17, 15) is 4.79 Å². The fraction of sp³-hybridized carbons (Fsp3) is 0.368. The van der Waals surface area contributed by atoms with Crippen LogP contribution in [0.4, 0.5) is 0 Å². The highest BCUT2D eigenvalue weighted by molar-refractivity contribution is 8.00. The molecular formula is C19H22N4O2S2. The lowest BCUT2D eigenvalue weighted by molar-refractivity contribution is -0.130. The van der Waals surface area contributed by atoms with Crippen molar-refractivity contribution < 1.29 is 9.21 Å². The molecule has 1 atom stereocenters. The Morgan fingerprint density at radius 3 is 2.74 bits per heavy atom. The number of aryl methyl sites for hydroxylation is 1. The molecule has 0 spiro atoms. The van der Waals surface area contributed by atoms with E-state index in [0.717, 1.165) is 16.3 Å². The third kappa shape index (κ3) is 5.40. The van der Waals surface area contributed by atoms with Crippen LogP contribution >= 0.6 is 23.1 Å². The van der Waals surface area contributed by atoms with Crippen molar-refractivity contribution in [2.24, 2.45) is 0 Å². The Labute approximate surface area is 167 Å². The van der Waals surface area contributed by atoms with Gasteiger partial charge in [-0.3, -0.25) is 4.79 Å². The van der Waals surface area contributed by atoms with E-state index in [4.69, 9.17) is 4.42 Å². The summed E-state index contributed by atoms with van der Waals surface area (Å²) in [6.45, 7) is 7.06. The predicted molar refractivity (Wildman–Crippen MR) is 107 cm³/mol. The van der Waals surface area contributed by atoms with E-state index in [1.165, 1.54) is 11.8 Å². The summed E-state index contributed by atoms with van der Waals surface area (Å²) in [5.41, 5.74) is 2.03. The molecule has 0 radical (unpaired) electrons. The molecule has 3 rings (SSSR count). The van der Waals surface area contributed by atoms with E-state index < -0.39 is 0 Å². The predicted octanol–water partition coefficient (Wildman–Crippen LogP) is 3.95. The van der Waals surface area contributed by atoms with Gasteiger partial charge in [-0.15, -0.1) is 21.5 Å². The van der Waals surface area contributed by atoms with Gasteiger partial charge in [-0.25, -0.2) is 4.98 Å². The lowest BCUT2D eigenvalue weighted by atomic mass is 10.2. The van der Waals surface area contributed by atoms with Crippen LogP contribution in [0.2, 0.25) is 0 Å². The van der Waals surface area contributed by atoms with Crippen LogP contribution in [0.3, 0.4) is 0 Å². The SMILES string of the molecule is CCN(Cc1ccccc1)C(=O)C(C)Sc1nnc(Cc2csc(C)n2)o1. The molecule has 142 valence electrons. The first-order valence-corrected chi connectivity index (χ1v) is 10.5. The Balaban J connectivity index is 1.58. The minimum Gasteiger partial charge on any atom is -0.416 e. The molecule has 0 fully saturated rings. The molecule has 0 N–H and O–H groups in total. The van der Waals surface area contributed by atoms with Crippen LogP contribution in [0, 0.1) is 6.92 Å². The molecule has 2 heterocycles. The first-order valence-electron chi connectivity index (χ1n) is 8.78. The lowest BCUT2D eigenvalue weighted by Gasteiger charge is -2.23. The van der Waals surface area contributed by atoms with Crippen molar-refractivity contribution in [3.05, 3.63) is 57.9 Å². The third-order valence-corrected chi connectivity index (χ3v) is 5.73. The fourth-order valence-corrected chi connectivity index (χ4v) is 4.01. The fourth-order valence-electron chi connectivity index (χ4n) is 2.61. The Bertz CT molecular complexity index is 879. The number of thiazole rings is 1. The first-order chi connectivity index (χ1) is 13.0. The average molecular weight is 403 g/mol. The number of thioether (sulfide) groups is 1. The largest absolute Gasteiger partial charge is 0.416 e. The molecule has 1 aromatic carbocycles. The summed E-state index contributed by atoms with van der Waals surface area (Å²) in [5, 5.41) is 11.2. The number of hydrogen-bond acceptors (Lipinski definition) is 7. The van der Waals surface area contributed by atoms with Crippen LogP contribution < -0.4 is 0 Å². The number of rotatable bonds is 8. The number of carbonyl (C=O) groups excluding carboxylic acids is 1. The normalized spacial score (nSPS) is 12.1. The molecule has 1 amide bonds. The van der Waals surface area contributed by atoms with Crippen molar-refractivity contribution in [2.45, 2.75) is 44.2 Å². The summed E-state index contributed by atoms with van der Waals surface area (Å²) in [6.07, 6.45) is 0.509. The third-order valence-electron chi connectivity index (χ3n) is 3.98. The molecule has 0 aliphatic rings. The van der Waals surface area contributed by atoms with Gasteiger partial charge < -0.3 is 9.32 Å². The van der Waals surface area contributed by atoms with Gasteiger partial charge in [0.2, 0.25) is 11.8 Å². The highest BCUT2D eigenvalue weighted by atomic mass is 32.2. The maximum atomic E-state index is 12.8. The van der Waals surface area contributed by atoms with Crippen LogP contribution in [0.15, 0.2) is 45.4 Å². The molecule has 8 heteroatoms. The van der Waals surface area contributed by atoms with Gasteiger partial charge in [0.15, 0.2) is 0 Å². The molecule has 0 bridgehead atoms. The summed E-state index contributed by atoms with van der Waals surface area (Å²) in [7, 11) is 0. The van der Waals surface area contributed by atoms with Crippen molar-refractivity contribution in [3.63, 3.8) is 0 Å². The van der Waals surface area contributed by atoms with Gasteiger partial charge in [0.1, 0.15) is 0 Å². The van der Waals surface area contributed by atoms with Gasteiger partial charge in [0.25, 0.3) is 5.22 Å². The molecule has 6 nitrogen and oxygen atoms in total. The standard InChI is InChI=1S/C19H22N4O2S2/c1-4-23(11-15-8-6-5-7-9-15)18(24)13(2)27-19-22-21-17(25-19)10-16-12-26-14(3)20-16/h5-9,12-13H,4,10-11H2,1-3H3. The van der Waals surface area contributed by atoms with E-state index in [-0.39, 0.29) is 11.2 Å². The molecule has 0 saturated heterocycles. The van der Waals surface area contributed by atoms with Crippen molar-refractivity contribution in [1.29, 1.82) is 0 Å². The van der Waals surface area contributed by atoms with Crippen molar-refractivity contribution in [3.8, 4) is 0 Å². The summed E-state index contributed by atoms with van der Waals surface area (Å²) in [5.74, 6) is 0.570. The van der Waals surface area contributed by atoms with Gasteiger partial charge in [0.05, 0.1) is 22.4 Å². The van der Waals surface area contributed by atoms with Gasteiger partial charge in [-0.2, -0.15) is 0 Å². The second kappa shape index (κ2) is 9.14. The molecule has 27 heavy (non-hydrogen) atoms. The molecule has 1 unspecified atom stereocenters. The Kier molecular flexibility index (Phi) is 6.63. The van der Waals surface area contributed by atoms with Crippen LogP contribution in [0.1, 0.15) is 36.0 Å². The second-order valence-corrected chi connectivity index (χ2v) is 8.45. The monoisotopic (exact) mass is 402 g/mol. The minimum absolute atomic E-state index is 0.0567. The summed E-state index contributed by atoms with van der Waals surface area (Å²) < 4.78 is 5.68. The summed E-state index contributed by atoms with van der Waals surface area (Å²) in [4.78, 5) is 19.0. The van der Waals surface area contributed by atoms with E-state index in [1.54, 1.807) is 11.3 Å². The molecular weight excluding hydrogens is 380 g/mol. The van der Waals surface area contributed by atoms with Crippen LogP contribution in [0.5, 0.6) is 0 Å². The number of hydrogen-bond donors (Lipinski definition) is 0. The molecule has 2 aromatic heterocycles. The van der Waals surface area contributed by atoms with E-state index in [0.29, 0.717) is 30.6 Å². The van der Waals surface area contributed by atoms with Crippen LogP contribution in [0.25, 0.3) is 0 Å². The molecule has 0 aliphatic carbocycles. The van der Waals surface area contributed by atoms with E-state index >= 15 is 0 Å². The highest BCUT2D eigenvalue weighted by Crippen LogP contribution is 2.24. The number of amides is 1. The van der Waals surface area contributed by atoms with Gasteiger partial charge in [-0.05, 0) is 26.3 Å². The Morgan fingerprint density at radius 1 is 1.30 bits per heavy atom. The highest BCUT2D eigenvalue weighted by Gasteiger charge is 2.23. The van der Waals surface area contributed by atoms with Crippen molar-refractivity contribution >= 4 is 29.0 Å². The maximum Gasteiger partial charge on any atom is 0.277 e. The maximum absolute atomic E-state index is 12.8. The molecule has 3 aromatic rings. The molecule has 0 aliphatic heterocycles. The van der Waals surface area contributed by atoms with Gasteiger partial charge >= 0.3 is 0 Å². The topological polar surface area (TPSA) is 72.1 Å². The smallest absolute Gasteiger partial charge is 0.277 e. The number of carbonyl (C=O) groups is 1. The average Bonchev–Trinajstić information content (AvgIpc) is 3.28. The Hall–Kier alpha value is -2.19. The van der Waals surface area contributed by atoms with Crippen LogP contribution in [-0.4, -0.2) is 37.8 Å². The van der Waals surface area contributed by atoms with E-state index in [2.05, 4.69) is 15.2 Å². The molecule has 0 saturated carbocycles. The van der Waals surface area contributed by atoms with Gasteiger partial charge in [-0.1, -0.05) is 42.1 Å². The first kappa shape index (κ1) is 19.6. The van der Waals surface area contributed by atoms with E-state index in [1.807, 2.05) is 61.4 Å². The number of aromatic nitrogens is 3. The van der Waals surface area contributed by atoms with Crippen molar-refractivity contribution in [2.75, 3.05) is 6.54 Å². The quantitative estimate of drug-likeness (QED) is 0.531. The lowest BCUT2D eigenvalue weighted by Crippen LogP contribution is -2.35.